The van der Waals surface area contributed by atoms with Gasteiger partial charge in [0.25, 0.3) is 5.92 Å². The van der Waals surface area contributed by atoms with Gasteiger partial charge in [-0.25, -0.2) is 13.2 Å². The standard InChI is InChI=1S/C11H9BF3N/c12-10-8(13)1-2-9(16-10)7-3-5-11(14,15)6-4-7/h1-3H,4-6H2. The molecule has 0 atom stereocenters. The summed E-state index contributed by atoms with van der Waals surface area (Å²) in [4.78, 5) is 3.83. The summed E-state index contributed by atoms with van der Waals surface area (Å²) in [6.45, 7) is 0. The third-order valence-electron chi connectivity index (χ3n) is 2.61. The van der Waals surface area contributed by atoms with Crippen molar-refractivity contribution in [1.82, 2.24) is 4.98 Å². The molecule has 1 aliphatic rings. The quantitative estimate of drug-likeness (QED) is 0.665. The molecule has 0 aromatic carbocycles. The van der Waals surface area contributed by atoms with Crippen LogP contribution in [0.2, 0.25) is 0 Å². The normalized spacial score (nSPS) is 19.3. The lowest BCUT2D eigenvalue weighted by Crippen LogP contribution is -2.20. The monoisotopic (exact) mass is 223 g/mol. The Labute approximate surface area is 92.8 Å². The van der Waals surface area contributed by atoms with Gasteiger partial charge in [0.2, 0.25) is 0 Å². The van der Waals surface area contributed by atoms with E-state index >= 15 is 0 Å². The van der Waals surface area contributed by atoms with Crippen LogP contribution >= 0.6 is 0 Å². The third-order valence-corrected chi connectivity index (χ3v) is 2.61. The maximum absolute atomic E-state index is 12.9. The van der Waals surface area contributed by atoms with Gasteiger partial charge in [-0.3, -0.25) is 4.98 Å². The molecule has 0 bridgehead atoms. The summed E-state index contributed by atoms with van der Waals surface area (Å²) in [5, 5.41) is 0. The van der Waals surface area contributed by atoms with Crippen molar-refractivity contribution in [3.63, 3.8) is 0 Å². The highest BCUT2D eigenvalue weighted by atomic mass is 19.3. The largest absolute Gasteiger partial charge is 0.262 e. The summed E-state index contributed by atoms with van der Waals surface area (Å²) >= 11 is 0. The Morgan fingerprint density at radius 2 is 2.06 bits per heavy atom. The molecule has 82 valence electrons. The topological polar surface area (TPSA) is 12.9 Å². The molecule has 1 aliphatic carbocycles. The highest BCUT2D eigenvalue weighted by molar-refractivity contribution is 6.30. The molecule has 0 aliphatic heterocycles. The summed E-state index contributed by atoms with van der Waals surface area (Å²) in [5.74, 6) is -3.22. The lowest BCUT2D eigenvalue weighted by molar-refractivity contribution is -0.00605. The van der Waals surface area contributed by atoms with Crippen LogP contribution in [0, 0.1) is 5.82 Å². The van der Waals surface area contributed by atoms with Gasteiger partial charge >= 0.3 is 0 Å². The van der Waals surface area contributed by atoms with Gasteiger partial charge < -0.3 is 0 Å². The first-order valence-electron chi connectivity index (χ1n) is 4.97. The van der Waals surface area contributed by atoms with E-state index in [1.807, 2.05) is 0 Å². The fraction of sp³-hybridized carbons (Fsp3) is 0.364. The molecule has 0 spiro atoms. The van der Waals surface area contributed by atoms with Crippen LogP contribution in [0.4, 0.5) is 13.2 Å². The number of pyridine rings is 1. The van der Waals surface area contributed by atoms with E-state index < -0.39 is 11.7 Å². The summed E-state index contributed by atoms with van der Waals surface area (Å²) in [5.41, 5.74) is 0.989. The number of alkyl halides is 2. The molecule has 2 rings (SSSR count). The minimum atomic E-state index is -2.63. The van der Waals surface area contributed by atoms with Gasteiger partial charge in [-0.1, -0.05) is 6.08 Å². The highest BCUT2D eigenvalue weighted by Gasteiger charge is 2.31. The second-order valence-corrected chi connectivity index (χ2v) is 3.85. The van der Waals surface area contributed by atoms with Crippen LogP contribution < -0.4 is 5.59 Å². The average molecular weight is 223 g/mol. The molecule has 1 aromatic rings. The number of allylic oxidation sites excluding steroid dienone is 2. The molecule has 16 heavy (non-hydrogen) atoms. The molecular weight excluding hydrogens is 214 g/mol. The van der Waals surface area contributed by atoms with Gasteiger partial charge in [-0.15, -0.1) is 0 Å². The van der Waals surface area contributed by atoms with E-state index in [4.69, 9.17) is 7.85 Å². The smallest absolute Gasteiger partial charge is 0.251 e. The second kappa shape index (κ2) is 3.96. The van der Waals surface area contributed by atoms with Crippen molar-refractivity contribution in [2.45, 2.75) is 25.2 Å². The van der Waals surface area contributed by atoms with E-state index in [9.17, 15) is 13.2 Å². The number of rotatable bonds is 1. The van der Waals surface area contributed by atoms with Gasteiger partial charge in [0.05, 0.1) is 5.69 Å². The van der Waals surface area contributed by atoms with Crippen molar-refractivity contribution in [2.24, 2.45) is 0 Å². The average Bonchev–Trinajstić information content (AvgIpc) is 2.22. The van der Waals surface area contributed by atoms with Crippen molar-refractivity contribution in [2.75, 3.05) is 0 Å². The number of hydrogen-bond acceptors (Lipinski definition) is 1. The Bertz CT molecular complexity index is 443. The number of halogens is 3. The first-order valence-corrected chi connectivity index (χ1v) is 4.97. The minimum Gasteiger partial charge on any atom is -0.262 e. The lowest BCUT2D eigenvalue weighted by atomic mass is 9.93. The molecule has 0 saturated carbocycles. The van der Waals surface area contributed by atoms with Gasteiger partial charge in [0, 0.05) is 18.4 Å². The Kier molecular flexibility index (Phi) is 2.78. The van der Waals surface area contributed by atoms with Crippen LogP contribution in [0.25, 0.3) is 5.57 Å². The Morgan fingerprint density at radius 3 is 2.62 bits per heavy atom. The Hall–Kier alpha value is -1.26. The number of hydrogen-bond donors (Lipinski definition) is 0. The van der Waals surface area contributed by atoms with Gasteiger partial charge in [-0.05, 0) is 24.1 Å². The highest BCUT2D eigenvalue weighted by Crippen LogP contribution is 2.35. The molecule has 0 saturated heterocycles. The predicted octanol–water partition coefficient (Wildman–Crippen LogP) is 2.22. The molecular formula is C11H9BF3N. The van der Waals surface area contributed by atoms with Crippen LogP contribution in [-0.2, 0) is 0 Å². The summed E-state index contributed by atoms with van der Waals surface area (Å²) < 4.78 is 38.6. The summed E-state index contributed by atoms with van der Waals surface area (Å²) in [6.07, 6.45) is 1.20. The zero-order chi connectivity index (χ0) is 11.8. The third kappa shape index (κ3) is 2.28. The van der Waals surface area contributed by atoms with Crippen molar-refractivity contribution < 1.29 is 13.2 Å². The van der Waals surface area contributed by atoms with Crippen LogP contribution in [0.5, 0.6) is 0 Å². The minimum absolute atomic E-state index is 0.197. The number of nitrogens with zero attached hydrogens (tertiary/aromatic N) is 1. The van der Waals surface area contributed by atoms with Crippen LogP contribution in [0.1, 0.15) is 25.0 Å². The van der Waals surface area contributed by atoms with E-state index in [-0.39, 0.29) is 24.9 Å². The van der Waals surface area contributed by atoms with Gasteiger partial charge in [-0.2, -0.15) is 0 Å². The molecule has 0 amide bonds. The molecule has 0 N–H and O–H groups in total. The van der Waals surface area contributed by atoms with E-state index in [1.165, 1.54) is 18.2 Å². The molecule has 0 unspecified atom stereocenters. The molecule has 1 nitrogen and oxygen atoms in total. The zero-order valence-electron chi connectivity index (χ0n) is 8.51. The summed E-state index contributed by atoms with van der Waals surface area (Å²) in [6, 6.07) is 2.66. The van der Waals surface area contributed by atoms with Gasteiger partial charge in [0.1, 0.15) is 13.7 Å². The summed E-state index contributed by atoms with van der Waals surface area (Å²) in [7, 11) is 5.32. The van der Waals surface area contributed by atoms with E-state index in [1.54, 1.807) is 0 Å². The zero-order valence-corrected chi connectivity index (χ0v) is 8.51. The first-order chi connectivity index (χ1) is 7.48. The molecule has 1 aromatic heterocycles. The second-order valence-electron chi connectivity index (χ2n) is 3.85. The Morgan fingerprint density at radius 1 is 1.31 bits per heavy atom. The molecule has 2 radical (unpaired) electrons. The van der Waals surface area contributed by atoms with Crippen LogP contribution in [0.15, 0.2) is 18.2 Å². The van der Waals surface area contributed by atoms with Crippen molar-refractivity contribution in [3.05, 3.63) is 29.7 Å². The Balaban J connectivity index is 2.26. The maximum Gasteiger partial charge on any atom is 0.251 e. The van der Waals surface area contributed by atoms with Crippen molar-refractivity contribution in [1.29, 1.82) is 0 Å². The molecule has 5 heteroatoms. The maximum atomic E-state index is 12.9. The van der Waals surface area contributed by atoms with Crippen molar-refractivity contribution >= 4 is 19.0 Å². The molecule has 1 heterocycles. The van der Waals surface area contributed by atoms with Crippen LogP contribution in [0.3, 0.4) is 0 Å². The van der Waals surface area contributed by atoms with Gasteiger partial charge in [0.15, 0.2) is 0 Å². The first kappa shape index (κ1) is 11.2. The number of aromatic nitrogens is 1. The SMILES string of the molecule is [B]c1nc(C2=CCC(F)(F)CC2)ccc1F. The van der Waals surface area contributed by atoms with E-state index in [2.05, 4.69) is 4.98 Å². The van der Waals surface area contributed by atoms with E-state index in [0.717, 1.165) is 0 Å². The lowest BCUT2D eigenvalue weighted by Gasteiger charge is -2.21. The molecule has 0 fully saturated rings. The predicted molar refractivity (Wildman–Crippen MR) is 56.4 cm³/mol. The fourth-order valence-electron chi connectivity index (χ4n) is 1.66. The van der Waals surface area contributed by atoms with Crippen LogP contribution in [-0.4, -0.2) is 18.8 Å². The fourth-order valence-corrected chi connectivity index (χ4v) is 1.66. The van der Waals surface area contributed by atoms with E-state index in [0.29, 0.717) is 11.3 Å². The van der Waals surface area contributed by atoms with Crippen molar-refractivity contribution in [3.8, 4) is 0 Å².